The highest BCUT2D eigenvalue weighted by atomic mass is 32.2. The van der Waals surface area contributed by atoms with Crippen LogP contribution in [-0.2, 0) is 0 Å². The van der Waals surface area contributed by atoms with Crippen LogP contribution >= 0.6 is 11.8 Å². The van der Waals surface area contributed by atoms with Gasteiger partial charge in [0.2, 0.25) is 0 Å². The maximum atomic E-state index is 10.6. The topological polar surface area (TPSA) is 81.0 Å². The van der Waals surface area contributed by atoms with Gasteiger partial charge < -0.3 is 5.32 Å². The second-order valence-electron chi connectivity index (χ2n) is 3.74. The van der Waals surface area contributed by atoms with Crippen molar-refractivity contribution >= 4 is 23.3 Å². The van der Waals surface area contributed by atoms with Gasteiger partial charge in [0.15, 0.2) is 0 Å². The Labute approximate surface area is 114 Å². The van der Waals surface area contributed by atoms with Gasteiger partial charge >= 0.3 is 0 Å². The lowest BCUT2D eigenvalue weighted by Crippen LogP contribution is -1.97. The lowest BCUT2D eigenvalue weighted by atomic mass is 10.3. The Morgan fingerprint density at radius 2 is 1.95 bits per heavy atom. The van der Waals surface area contributed by atoms with E-state index in [9.17, 15) is 10.1 Å². The summed E-state index contributed by atoms with van der Waals surface area (Å²) in [7, 11) is 1.79. The van der Waals surface area contributed by atoms with E-state index >= 15 is 0 Å². The number of aryl methyl sites for hydroxylation is 1. The SMILES string of the molecule is CNc1cc(Sc2ccc([N+](=O)[O-])cc2)nc(C)n1. The molecule has 0 amide bonds. The summed E-state index contributed by atoms with van der Waals surface area (Å²) in [5.41, 5.74) is 0.0825. The summed E-state index contributed by atoms with van der Waals surface area (Å²) in [6.45, 7) is 1.82. The van der Waals surface area contributed by atoms with Gasteiger partial charge in [0.25, 0.3) is 5.69 Å². The molecule has 7 heteroatoms. The molecule has 98 valence electrons. The summed E-state index contributed by atoms with van der Waals surface area (Å²) in [5.74, 6) is 1.42. The molecule has 0 radical (unpaired) electrons. The molecular formula is C12H12N4O2S. The quantitative estimate of drug-likeness (QED) is 0.525. The smallest absolute Gasteiger partial charge is 0.269 e. The fourth-order valence-electron chi connectivity index (χ4n) is 1.48. The average molecular weight is 276 g/mol. The first-order chi connectivity index (χ1) is 9.08. The van der Waals surface area contributed by atoms with Gasteiger partial charge in [-0.15, -0.1) is 0 Å². The molecular weight excluding hydrogens is 264 g/mol. The zero-order valence-corrected chi connectivity index (χ0v) is 11.3. The summed E-state index contributed by atoms with van der Waals surface area (Å²) in [4.78, 5) is 19.6. The number of nitrogens with zero attached hydrogens (tertiary/aromatic N) is 3. The van der Waals surface area contributed by atoms with Gasteiger partial charge in [-0.1, -0.05) is 11.8 Å². The molecule has 0 bridgehead atoms. The van der Waals surface area contributed by atoms with Gasteiger partial charge in [0.05, 0.1) is 4.92 Å². The van der Waals surface area contributed by atoms with Crippen molar-refractivity contribution in [2.24, 2.45) is 0 Å². The number of anilines is 1. The molecule has 2 aromatic rings. The third-order valence-electron chi connectivity index (χ3n) is 2.34. The maximum Gasteiger partial charge on any atom is 0.269 e. The molecule has 1 aromatic carbocycles. The fourth-order valence-corrected chi connectivity index (χ4v) is 2.34. The van der Waals surface area contributed by atoms with E-state index in [0.717, 1.165) is 15.7 Å². The maximum absolute atomic E-state index is 10.6. The van der Waals surface area contributed by atoms with Crippen LogP contribution in [0, 0.1) is 17.0 Å². The van der Waals surface area contributed by atoms with Gasteiger partial charge in [0, 0.05) is 30.1 Å². The van der Waals surface area contributed by atoms with Gasteiger partial charge in [0.1, 0.15) is 16.7 Å². The summed E-state index contributed by atoms with van der Waals surface area (Å²) in [5, 5.41) is 14.3. The highest BCUT2D eigenvalue weighted by molar-refractivity contribution is 7.99. The van der Waals surface area contributed by atoms with Crippen molar-refractivity contribution in [3.8, 4) is 0 Å². The zero-order valence-electron chi connectivity index (χ0n) is 10.5. The molecule has 0 unspecified atom stereocenters. The summed E-state index contributed by atoms with van der Waals surface area (Å²) < 4.78 is 0. The highest BCUT2D eigenvalue weighted by Gasteiger charge is 2.06. The minimum atomic E-state index is -0.414. The molecule has 0 atom stereocenters. The third-order valence-corrected chi connectivity index (χ3v) is 3.27. The largest absolute Gasteiger partial charge is 0.373 e. The van der Waals surface area contributed by atoms with Crippen LogP contribution in [0.1, 0.15) is 5.82 Å². The Bertz CT molecular complexity index is 601. The summed E-state index contributed by atoms with van der Waals surface area (Å²) in [6.07, 6.45) is 0. The second kappa shape index (κ2) is 5.66. The molecule has 0 fully saturated rings. The Balaban J connectivity index is 2.21. The van der Waals surface area contributed by atoms with E-state index in [2.05, 4.69) is 15.3 Å². The standard InChI is InChI=1S/C12H12N4O2S/c1-8-14-11(13-2)7-12(15-8)19-10-5-3-9(4-6-10)16(17)18/h3-7H,1-2H3,(H,13,14,15). The van der Waals surface area contributed by atoms with E-state index < -0.39 is 4.92 Å². The van der Waals surface area contributed by atoms with Crippen LogP contribution in [0.3, 0.4) is 0 Å². The zero-order chi connectivity index (χ0) is 13.8. The molecule has 2 rings (SSSR count). The Kier molecular flexibility index (Phi) is 3.96. The molecule has 1 N–H and O–H groups in total. The molecule has 0 aliphatic rings. The van der Waals surface area contributed by atoms with Crippen LogP contribution in [0.15, 0.2) is 40.3 Å². The Morgan fingerprint density at radius 3 is 2.53 bits per heavy atom. The monoisotopic (exact) mass is 276 g/mol. The number of aromatic nitrogens is 2. The molecule has 0 saturated heterocycles. The first kappa shape index (κ1) is 13.3. The van der Waals surface area contributed by atoms with Gasteiger partial charge in [-0.25, -0.2) is 9.97 Å². The Morgan fingerprint density at radius 1 is 1.26 bits per heavy atom. The van der Waals surface area contributed by atoms with Gasteiger partial charge in [-0.05, 0) is 19.1 Å². The molecule has 0 saturated carbocycles. The number of non-ortho nitro benzene ring substituents is 1. The Hall–Kier alpha value is -2.15. The van der Waals surface area contributed by atoms with E-state index in [4.69, 9.17) is 0 Å². The van der Waals surface area contributed by atoms with Crippen LogP contribution in [0.25, 0.3) is 0 Å². The van der Waals surface area contributed by atoms with E-state index in [1.54, 1.807) is 19.2 Å². The minimum absolute atomic E-state index is 0.0825. The molecule has 6 nitrogen and oxygen atoms in total. The normalized spacial score (nSPS) is 10.2. The minimum Gasteiger partial charge on any atom is -0.373 e. The predicted octanol–water partition coefficient (Wildman–Crippen LogP) is 2.89. The molecule has 0 aliphatic carbocycles. The van der Waals surface area contributed by atoms with E-state index in [1.807, 2.05) is 13.0 Å². The van der Waals surface area contributed by atoms with Gasteiger partial charge in [-0.2, -0.15) is 0 Å². The van der Waals surface area contributed by atoms with Crippen molar-refractivity contribution in [1.29, 1.82) is 0 Å². The fraction of sp³-hybridized carbons (Fsp3) is 0.167. The van der Waals surface area contributed by atoms with Crippen molar-refractivity contribution in [2.75, 3.05) is 12.4 Å². The van der Waals surface area contributed by atoms with Crippen LogP contribution in [0.4, 0.5) is 11.5 Å². The third kappa shape index (κ3) is 3.41. The average Bonchev–Trinajstić information content (AvgIpc) is 2.38. The van der Waals surface area contributed by atoms with Crippen LogP contribution in [-0.4, -0.2) is 21.9 Å². The molecule has 0 spiro atoms. The van der Waals surface area contributed by atoms with E-state index in [0.29, 0.717) is 5.82 Å². The number of nitro benzene ring substituents is 1. The van der Waals surface area contributed by atoms with E-state index in [-0.39, 0.29) is 5.69 Å². The van der Waals surface area contributed by atoms with Crippen LogP contribution < -0.4 is 5.32 Å². The van der Waals surface area contributed by atoms with E-state index in [1.165, 1.54) is 23.9 Å². The number of nitrogens with one attached hydrogen (secondary N) is 1. The number of benzene rings is 1. The second-order valence-corrected chi connectivity index (χ2v) is 4.84. The van der Waals surface area contributed by atoms with Crippen molar-refractivity contribution in [3.05, 3.63) is 46.3 Å². The lowest BCUT2D eigenvalue weighted by Gasteiger charge is -2.05. The van der Waals surface area contributed by atoms with Crippen molar-refractivity contribution < 1.29 is 4.92 Å². The van der Waals surface area contributed by atoms with Crippen LogP contribution in [0.5, 0.6) is 0 Å². The molecule has 1 aromatic heterocycles. The summed E-state index contributed by atoms with van der Waals surface area (Å²) in [6, 6.07) is 8.21. The first-order valence-electron chi connectivity index (χ1n) is 5.54. The van der Waals surface area contributed by atoms with Gasteiger partial charge in [-0.3, -0.25) is 10.1 Å². The van der Waals surface area contributed by atoms with Crippen LogP contribution in [0.2, 0.25) is 0 Å². The number of nitro groups is 1. The first-order valence-corrected chi connectivity index (χ1v) is 6.36. The number of rotatable bonds is 4. The number of hydrogen-bond acceptors (Lipinski definition) is 6. The van der Waals surface area contributed by atoms with Crippen molar-refractivity contribution in [2.45, 2.75) is 16.8 Å². The highest BCUT2D eigenvalue weighted by Crippen LogP contribution is 2.28. The molecule has 19 heavy (non-hydrogen) atoms. The number of hydrogen-bond donors (Lipinski definition) is 1. The predicted molar refractivity (Wildman–Crippen MR) is 73.5 cm³/mol. The summed E-state index contributed by atoms with van der Waals surface area (Å²) >= 11 is 1.44. The molecule has 0 aliphatic heterocycles. The van der Waals surface area contributed by atoms with Crippen molar-refractivity contribution in [1.82, 2.24) is 9.97 Å². The molecule has 1 heterocycles. The lowest BCUT2D eigenvalue weighted by molar-refractivity contribution is -0.384. The van der Waals surface area contributed by atoms with Crippen molar-refractivity contribution in [3.63, 3.8) is 0 Å².